The molecule has 0 amide bonds. The highest BCUT2D eigenvalue weighted by Crippen LogP contribution is 2.33. The van der Waals surface area contributed by atoms with Crippen LogP contribution in [0.15, 0.2) is 6.07 Å². The van der Waals surface area contributed by atoms with Crippen LogP contribution in [0.1, 0.15) is 48.1 Å². The average Bonchev–Trinajstić information content (AvgIpc) is 2.44. The number of methoxy groups -OCH3 is 1. The van der Waals surface area contributed by atoms with Crippen LogP contribution in [0.2, 0.25) is 0 Å². The van der Waals surface area contributed by atoms with E-state index in [1.807, 2.05) is 0 Å². The second-order valence-corrected chi connectivity index (χ2v) is 5.79. The van der Waals surface area contributed by atoms with Crippen molar-refractivity contribution in [2.45, 2.75) is 52.7 Å². The predicted octanol–water partition coefficient (Wildman–Crippen LogP) is 3.45. The molecule has 1 aliphatic rings. The first kappa shape index (κ1) is 15.3. The van der Waals surface area contributed by atoms with E-state index in [2.05, 4.69) is 39.1 Å². The molecule has 1 N–H and O–H groups in total. The lowest BCUT2D eigenvalue weighted by atomic mass is 9.95. The fourth-order valence-corrected chi connectivity index (χ4v) is 3.12. The molecule has 0 spiro atoms. The number of benzene rings is 1. The minimum atomic E-state index is 0.140. The largest absolute Gasteiger partial charge is 0.496 e. The normalized spacial score (nSPS) is 18.1. The lowest BCUT2D eigenvalue weighted by Gasteiger charge is -2.28. The summed E-state index contributed by atoms with van der Waals surface area (Å²) < 4.78 is 11.8. The lowest BCUT2D eigenvalue weighted by Crippen LogP contribution is -2.33. The number of hydrogen-bond donors (Lipinski definition) is 1. The van der Waals surface area contributed by atoms with E-state index in [1.54, 1.807) is 7.11 Å². The summed E-state index contributed by atoms with van der Waals surface area (Å²) in [4.78, 5) is 0. The molecule has 1 atom stereocenters. The van der Waals surface area contributed by atoms with Gasteiger partial charge in [0.05, 0.1) is 19.3 Å². The van der Waals surface area contributed by atoms with E-state index >= 15 is 0 Å². The Balaban J connectivity index is 2.19. The van der Waals surface area contributed by atoms with E-state index < -0.39 is 0 Å². The van der Waals surface area contributed by atoms with Crippen molar-refractivity contribution in [2.24, 2.45) is 0 Å². The van der Waals surface area contributed by atoms with Gasteiger partial charge in [-0.3, -0.25) is 0 Å². The number of hydrogen-bond acceptors (Lipinski definition) is 3. The van der Waals surface area contributed by atoms with Crippen molar-refractivity contribution < 1.29 is 9.47 Å². The Morgan fingerprint density at radius 1 is 1.15 bits per heavy atom. The van der Waals surface area contributed by atoms with Gasteiger partial charge in [0.1, 0.15) is 5.75 Å². The summed E-state index contributed by atoms with van der Waals surface area (Å²) in [7, 11) is 1.74. The summed E-state index contributed by atoms with van der Waals surface area (Å²) in [5.74, 6) is 1.00. The van der Waals surface area contributed by atoms with Crippen LogP contribution < -0.4 is 10.1 Å². The minimum Gasteiger partial charge on any atom is -0.496 e. The molecule has 3 nitrogen and oxygen atoms in total. The highest BCUT2D eigenvalue weighted by molar-refractivity contribution is 5.49. The average molecular weight is 277 g/mol. The van der Waals surface area contributed by atoms with Crippen molar-refractivity contribution in [1.29, 1.82) is 0 Å². The minimum absolute atomic E-state index is 0.140. The molecule has 0 radical (unpaired) electrons. The molecule has 0 aromatic heterocycles. The van der Waals surface area contributed by atoms with Gasteiger partial charge in [-0.15, -0.1) is 0 Å². The zero-order valence-electron chi connectivity index (χ0n) is 13.4. The predicted molar refractivity (Wildman–Crippen MR) is 82.6 cm³/mol. The zero-order chi connectivity index (χ0) is 14.7. The third-order valence-electron chi connectivity index (χ3n) is 4.39. The molecule has 1 saturated heterocycles. The van der Waals surface area contributed by atoms with Gasteiger partial charge in [-0.2, -0.15) is 0 Å². The Kier molecular flexibility index (Phi) is 5.06. The van der Waals surface area contributed by atoms with Crippen molar-refractivity contribution in [3.8, 4) is 5.75 Å². The van der Waals surface area contributed by atoms with Crippen molar-refractivity contribution in [2.75, 3.05) is 20.2 Å². The number of piperidine rings is 1. The van der Waals surface area contributed by atoms with Gasteiger partial charge >= 0.3 is 0 Å². The summed E-state index contributed by atoms with van der Waals surface area (Å²) in [5.41, 5.74) is 4.99. The standard InChI is InChI=1S/C17H27NO2/c1-11-10-16(12(2)13(3)17(11)19-5)14(4)20-15-6-8-18-9-7-15/h10,14-15,18H,6-9H2,1-5H3. The third kappa shape index (κ3) is 3.15. The second kappa shape index (κ2) is 6.59. The first-order valence-electron chi connectivity index (χ1n) is 7.55. The van der Waals surface area contributed by atoms with Crippen molar-refractivity contribution in [3.05, 3.63) is 28.3 Å². The lowest BCUT2D eigenvalue weighted by molar-refractivity contribution is -0.0189. The maximum atomic E-state index is 6.26. The monoisotopic (exact) mass is 277 g/mol. The van der Waals surface area contributed by atoms with E-state index in [9.17, 15) is 0 Å². The SMILES string of the molecule is COc1c(C)cc(C(C)OC2CCNCC2)c(C)c1C. The van der Waals surface area contributed by atoms with Gasteiger partial charge in [0.2, 0.25) is 0 Å². The summed E-state index contributed by atoms with van der Waals surface area (Å²) in [5, 5.41) is 3.38. The molecule has 3 heteroatoms. The van der Waals surface area contributed by atoms with E-state index in [0.717, 1.165) is 31.7 Å². The molecular formula is C17H27NO2. The highest BCUT2D eigenvalue weighted by atomic mass is 16.5. The van der Waals surface area contributed by atoms with Crippen LogP contribution in [0.5, 0.6) is 5.75 Å². The first-order chi connectivity index (χ1) is 9.54. The molecule has 0 bridgehead atoms. The maximum absolute atomic E-state index is 6.26. The summed E-state index contributed by atoms with van der Waals surface area (Å²) >= 11 is 0. The summed E-state index contributed by atoms with van der Waals surface area (Å²) in [6, 6.07) is 2.22. The Morgan fingerprint density at radius 3 is 2.40 bits per heavy atom. The molecule has 1 aliphatic heterocycles. The van der Waals surface area contributed by atoms with Gasteiger partial charge in [-0.25, -0.2) is 0 Å². The van der Waals surface area contributed by atoms with Gasteiger partial charge < -0.3 is 14.8 Å². The van der Waals surface area contributed by atoms with Crippen molar-refractivity contribution in [1.82, 2.24) is 5.32 Å². The quantitative estimate of drug-likeness (QED) is 0.914. The van der Waals surface area contributed by atoms with Gasteiger partial charge in [0, 0.05) is 0 Å². The van der Waals surface area contributed by atoms with Crippen molar-refractivity contribution >= 4 is 0 Å². The molecule has 20 heavy (non-hydrogen) atoms. The van der Waals surface area contributed by atoms with Crippen LogP contribution in [0, 0.1) is 20.8 Å². The van der Waals surface area contributed by atoms with Gasteiger partial charge in [0.25, 0.3) is 0 Å². The molecule has 112 valence electrons. The Hall–Kier alpha value is -1.06. The number of ether oxygens (including phenoxy) is 2. The maximum Gasteiger partial charge on any atom is 0.124 e. The van der Waals surface area contributed by atoms with Crippen LogP contribution in [-0.4, -0.2) is 26.3 Å². The molecule has 1 unspecified atom stereocenters. The molecule has 1 aromatic rings. The molecule has 0 saturated carbocycles. The van der Waals surface area contributed by atoms with Gasteiger partial charge in [-0.05, 0) is 81.9 Å². The Labute approximate surface area is 122 Å². The molecule has 0 aliphatic carbocycles. The van der Waals surface area contributed by atoms with Crippen LogP contribution in [0.4, 0.5) is 0 Å². The number of rotatable bonds is 4. The highest BCUT2D eigenvalue weighted by Gasteiger charge is 2.20. The first-order valence-corrected chi connectivity index (χ1v) is 7.55. The van der Waals surface area contributed by atoms with Crippen LogP contribution >= 0.6 is 0 Å². The summed E-state index contributed by atoms with van der Waals surface area (Å²) in [6.45, 7) is 10.7. The molecule has 1 fully saturated rings. The van der Waals surface area contributed by atoms with Gasteiger partial charge in [-0.1, -0.05) is 0 Å². The van der Waals surface area contributed by atoms with Crippen molar-refractivity contribution in [3.63, 3.8) is 0 Å². The van der Waals surface area contributed by atoms with Crippen LogP contribution in [-0.2, 0) is 4.74 Å². The van der Waals surface area contributed by atoms with Gasteiger partial charge in [0.15, 0.2) is 0 Å². The topological polar surface area (TPSA) is 30.5 Å². The molecule has 2 rings (SSSR count). The van der Waals surface area contributed by atoms with Crippen LogP contribution in [0.3, 0.4) is 0 Å². The van der Waals surface area contributed by atoms with E-state index in [0.29, 0.717) is 6.10 Å². The fourth-order valence-electron chi connectivity index (χ4n) is 3.12. The van der Waals surface area contributed by atoms with E-state index in [4.69, 9.17) is 9.47 Å². The molecule has 1 heterocycles. The zero-order valence-corrected chi connectivity index (χ0v) is 13.4. The third-order valence-corrected chi connectivity index (χ3v) is 4.39. The van der Waals surface area contributed by atoms with Crippen LogP contribution in [0.25, 0.3) is 0 Å². The number of nitrogens with one attached hydrogen (secondary N) is 1. The Morgan fingerprint density at radius 2 is 1.80 bits per heavy atom. The molecule has 1 aromatic carbocycles. The smallest absolute Gasteiger partial charge is 0.124 e. The fraction of sp³-hybridized carbons (Fsp3) is 0.647. The summed E-state index contributed by atoms with van der Waals surface area (Å²) in [6.07, 6.45) is 2.74. The van der Waals surface area contributed by atoms with E-state index in [1.165, 1.54) is 22.3 Å². The number of aryl methyl sites for hydroxylation is 1. The second-order valence-electron chi connectivity index (χ2n) is 5.79. The Bertz CT molecular complexity index is 465. The van der Waals surface area contributed by atoms with E-state index in [-0.39, 0.29) is 6.10 Å². The molecular weight excluding hydrogens is 250 g/mol.